The number of amides is 1. The monoisotopic (exact) mass is 350 g/mol. The number of benzene rings is 1. The van der Waals surface area contributed by atoms with E-state index in [-0.39, 0.29) is 5.91 Å². The Morgan fingerprint density at radius 1 is 1.26 bits per heavy atom. The normalized spacial score (nSPS) is 14.4. The lowest BCUT2D eigenvalue weighted by atomic mass is 10.1. The van der Waals surface area contributed by atoms with Crippen molar-refractivity contribution in [1.82, 2.24) is 4.90 Å². The number of sulfonamides is 1. The fourth-order valence-corrected chi connectivity index (χ4v) is 5.14. The molecule has 122 valence electrons. The Balaban J connectivity index is 1.84. The molecule has 5 nitrogen and oxygen atoms in total. The van der Waals surface area contributed by atoms with E-state index in [0.29, 0.717) is 29.4 Å². The van der Waals surface area contributed by atoms with Gasteiger partial charge in [0.1, 0.15) is 4.21 Å². The second kappa shape index (κ2) is 5.98. The molecule has 1 amide bonds. The number of anilines is 1. The molecule has 0 atom stereocenters. The molecule has 0 spiro atoms. The lowest BCUT2D eigenvalue weighted by molar-refractivity contribution is -0.129. The fourth-order valence-electron chi connectivity index (χ4n) is 2.53. The highest BCUT2D eigenvalue weighted by Crippen LogP contribution is 2.32. The summed E-state index contributed by atoms with van der Waals surface area (Å²) in [5, 5.41) is 0. The van der Waals surface area contributed by atoms with Crippen LogP contribution in [-0.2, 0) is 27.8 Å². The molecule has 23 heavy (non-hydrogen) atoms. The van der Waals surface area contributed by atoms with Crippen molar-refractivity contribution in [3.05, 3.63) is 46.3 Å². The summed E-state index contributed by atoms with van der Waals surface area (Å²) in [5.74, 6) is 0.0176. The fraction of sp³-hybridized carbons (Fsp3) is 0.312. The summed E-state index contributed by atoms with van der Waals surface area (Å²) in [6.45, 7) is 4.62. The Morgan fingerprint density at radius 2 is 1.96 bits per heavy atom. The molecule has 2 aromatic rings. The standard InChI is InChI=1S/C16H18N2O3S2/c1-11-3-5-14(6-4-11)17-23(20,21)16-9-13-10-18(12(2)19)8-7-15(13)22-16/h3-6,9,17H,7-8,10H2,1-2H3. The van der Waals surface area contributed by atoms with Crippen LogP contribution in [0.4, 0.5) is 5.69 Å². The van der Waals surface area contributed by atoms with Crippen LogP contribution in [0, 0.1) is 6.92 Å². The summed E-state index contributed by atoms with van der Waals surface area (Å²) in [4.78, 5) is 14.3. The smallest absolute Gasteiger partial charge is 0.271 e. The number of carbonyl (C=O) groups excluding carboxylic acids is 1. The predicted octanol–water partition coefficient (Wildman–Crippen LogP) is 2.76. The van der Waals surface area contributed by atoms with Gasteiger partial charge in [0.25, 0.3) is 10.0 Å². The van der Waals surface area contributed by atoms with E-state index in [1.807, 2.05) is 19.1 Å². The molecule has 0 bridgehead atoms. The van der Waals surface area contributed by atoms with Gasteiger partial charge in [-0.2, -0.15) is 0 Å². The SMILES string of the molecule is CC(=O)N1CCc2sc(S(=O)(=O)Nc3ccc(C)cc3)cc2C1. The molecule has 0 radical (unpaired) electrons. The van der Waals surface area contributed by atoms with Crippen LogP contribution < -0.4 is 4.72 Å². The molecule has 2 heterocycles. The molecule has 1 aliphatic heterocycles. The minimum atomic E-state index is -3.59. The van der Waals surface area contributed by atoms with Gasteiger partial charge in [-0.05, 0) is 37.1 Å². The molecular formula is C16H18N2O3S2. The van der Waals surface area contributed by atoms with Crippen molar-refractivity contribution in [1.29, 1.82) is 0 Å². The highest BCUT2D eigenvalue weighted by Gasteiger charge is 2.25. The van der Waals surface area contributed by atoms with Crippen LogP contribution in [0.1, 0.15) is 22.9 Å². The van der Waals surface area contributed by atoms with Gasteiger partial charge < -0.3 is 4.90 Å². The van der Waals surface area contributed by atoms with Crippen LogP contribution in [0.3, 0.4) is 0 Å². The Hall–Kier alpha value is -1.86. The first-order chi connectivity index (χ1) is 10.8. The van der Waals surface area contributed by atoms with Gasteiger partial charge in [-0.25, -0.2) is 8.42 Å². The molecule has 3 rings (SSSR count). The zero-order valence-corrected chi connectivity index (χ0v) is 14.6. The van der Waals surface area contributed by atoms with E-state index in [1.165, 1.54) is 18.3 Å². The Bertz CT molecular complexity index is 839. The summed E-state index contributed by atoms with van der Waals surface area (Å²) in [6.07, 6.45) is 0.708. The Labute approximate surface area is 140 Å². The van der Waals surface area contributed by atoms with E-state index >= 15 is 0 Å². The summed E-state index contributed by atoms with van der Waals surface area (Å²) in [7, 11) is -3.59. The number of carbonyl (C=O) groups is 1. The van der Waals surface area contributed by atoms with Gasteiger partial charge >= 0.3 is 0 Å². The van der Waals surface area contributed by atoms with Crippen LogP contribution in [0.15, 0.2) is 34.5 Å². The van der Waals surface area contributed by atoms with E-state index in [4.69, 9.17) is 0 Å². The number of nitrogens with one attached hydrogen (secondary N) is 1. The first-order valence-electron chi connectivity index (χ1n) is 7.32. The lowest BCUT2D eigenvalue weighted by Gasteiger charge is -2.25. The molecular weight excluding hydrogens is 332 g/mol. The van der Waals surface area contributed by atoms with E-state index < -0.39 is 10.0 Å². The number of hydrogen-bond donors (Lipinski definition) is 1. The van der Waals surface area contributed by atoms with Gasteiger partial charge in [0.2, 0.25) is 5.91 Å². The van der Waals surface area contributed by atoms with Gasteiger partial charge in [0.15, 0.2) is 0 Å². The molecule has 0 aliphatic carbocycles. The van der Waals surface area contributed by atoms with E-state index in [1.54, 1.807) is 23.1 Å². The summed E-state index contributed by atoms with van der Waals surface area (Å²) >= 11 is 1.29. The summed E-state index contributed by atoms with van der Waals surface area (Å²) in [5.41, 5.74) is 2.55. The average molecular weight is 350 g/mol. The summed E-state index contributed by atoms with van der Waals surface area (Å²) in [6, 6.07) is 8.91. The van der Waals surface area contributed by atoms with Crippen LogP contribution >= 0.6 is 11.3 Å². The van der Waals surface area contributed by atoms with Crippen LogP contribution in [0.25, 0.3) is 0 Å². The van der Waals surface area contributed by atoms with Crippen molar-refractivity contribution in [3.8, 4) is 0 Å². The van der Waals surface area contributed by atoms with Crippen molar-refractivity contribution in [2.45, 2.75) is 31.0 Å². The van der Waals surface area contributed by atoms with Crippen molar-refractivity contribution >= 4 is 33.0 Å². The molecule has 0 saturated heterocycles. The Kier molecular flexibility index (Phi) is 4.16. The molecule has 1 aromatic carbocycles. The zero-order valence-electron chi connectivity index (χ0n) is 13.0. The second-order valence-electron chi connectivity index (χ2n) is 5.68. The number of fused-ring (bicyclic) bond motifs is 1. The highest BCUT2D eigenvalue weighted by molar-refractivity contribution is 7.94. The van der Waals surface area contributed by atoms with Crippen LogP contribution in [0.5, 0.6) is 0 Å². The third-order valence-corrected chi connectivity index (χ3v) is 6.95. The molecule has 0 saturated carbocycles. The van der Waals surface area contributed by atoms with Gasteiger partial charge in [-0.1, -0.05) is 17.7 Å². The molecule has 1 N–H and O–H groups in total. The number of hydrogen-bond acceptors (Lipinski definition) is 4. The minimum Gasteiger partial charge on any atom is -0.338 e. The van der Waals surface area contributed by atoms with Crippen LogP contribution in [-0.4, -0.2) is 25.8 Å². The Morgan fingerprint density at radius 3 is 2.61 bits per heavy atom. The second-order valence-corrected chi connectivity index (χ2v) is 8.72. The van der Waals surface area contributed by atoms with Crippen molar-refractivity contribution in [3.63, 3.8) is 0 Å². The highest BCUT2D eigenvalue weighted by atomic mass is 32.2. The lowest BCUT2D eigenvalue weighted by Crippen LogP contribution is -2.33. The largest absolute Gasteiger partial charge is 0.338 e. The summed E-state index contributed by atoms with van der Waals surface area (Å²) < 4.78 is 28.0. The first kappa shape index (κ1) is 16.0. The number of aryl methyl sites for hydroxylation is 1. The van der Waals surface area contributed by atoms with E-state index in [9.17, 15) is 13.2 Å². The topological polar surface area (TPSA) is 66.5 Å². The van der Waals surface area contributed by atoms with Gasteiger partial charge in [-0.3, -0.25) is 9.52 Å². The van der Waals surface area contributed by atoms with Gasteiger partial charge in [0.05, 0.1) is 0 Å². The van der Waals surface area contributed by atoms with Crippen LogP contribution in [0.2, 0.25) is 0 Å². The van der Waals surface area contributed by atoms with Gasteiger partial charge in [-0.15, -0.1) is 11.3 Å². The van der Waals surface area contributed by atoms with E-state index in [2.05, 4.69) is 4.72 Å². The average Bonchev–Trinajstić information content (AvgIpc) is 2.93. The van der Waals surface area contributed by atoms with Crippen molar-refractivity contribution < 1.29 is 13.2 Å². The molecule has 0 unspecified atom stereocenters. The molecule has 7 heteroatoms. The van der Waals surface area contributed by atoms with Gasteiger partial charge in [0, 0.05) is 30.6 Å². The minimum absolute atomic E-state index is 0.0176. The van der Waals surface area contributed by atoms with Crippen molar-refractivity contribution in [2.24, 2.45) is 0 Å². The maximum absolute atomic E-state index is 12.5. The quantitative estimate of drug-likeness (QED) is 0.926. The maximum atomic E-state index is 12.5. The predicted molar refractivity (Wildman–Crippen MR) is 91.1 cm³/mol. The molecule has 0 fully saturated rings. The molecule has 1 aliphatic rings. The first-order valence-corrected chi connectivity index (χ1v) is 9.62. The van der Waals surface area contributed by atoms with Crippen molar-refractivity contribution in [2.75, 3.05) is 11.3 Å². The molecule has 1 aromatic heterocycles. The zero-order chi connectivity index (χ0) is 16.6. The third-order valence-electron chi connectivity index (χ3n) is 3.86. The number of nitrogens with zero attached hydrogens (tertiary/aromatic N) is 1. The number of rotatable bonds is 3. The third kappa shape index (κ3) is 3.40. The van der Waals surface area contributed by atoms with E-state index in [0.717, 1.165) is 16.0 Å². The number of thiophene rings is 1. The maximum Gasteiger partial charge on any atom is 0.271 e.